The van der Waals surface area contributed by atoms with Crippen LogP contribution in [0.2, 0.25) is 0 Å². The summed E-state index contributed by atoms with van der Waals surface area (Å²) in [6, 6.07) is 6.00. The minimum atomic E-state index is -0.719. The summed E-state index contributed by atoms with van der Waals surface area (Å²) in [5.74, 6) is 0.172. The van der Waals surface area contributed by atoms with E-state index >= 15 is 0 Å². The van der Waals surface area contributed by atoms with Gasteiger partial charge in [-0.15, -0.1) is 0 Å². The van der Waals surface area contributed by atoms with E-state index in [0.29, 0.717) is 18.3 Å². The van der Waals surface area contributed by atoms with Gasteiger partial charge in [0.2, 0.25) is 0 Å². The van der Waals surface area contributed by atoms with Gasteiger partial charge in [-0.3, -0.25) is 9.69 Å². The van der Waals surface area contributed by atoms with Crippen molar-refractivity contribution in [2.75, 3.05) is 26.2 Å². The Morgan fingerprint density at radius 1 is 1.40 bits per heavy atom. The smallest absolute Gasteiger partial charge is 0.303 e. The molecule has 1 aromatic carbocycles. The molecule has 110 valence electrons. The third kappa shape index (κ3) is 4.81. The van der Waals surface area contributed by atoms with Crippen LogP contribution in [-0.2, 0) is 4.79 Å². The quantitative estimate of drug-likeness (QED) is 0.833. The standard InChI is InChI=1S/C15H20FNO3/c16-13-2-4-14(5-3-13)20-10-9-17-8-7-12(11-17)1-6-15(18)19/h2-5,12H,1,6-11H2,(H,18,19). The highest BCUT2D eigenvalue weighted by molar-refractivity contribution is 5.66. The van der Waals surface area contributed by atoms with Crippen molar-refractivity contribution < 1.29 is 19.0 Å². The van der Waals surface area contributed by atoms with Gasteiger partial charge >= 0.3 is 5.97 Å². The minimum absolute atomic E-state index is 0.255. The third-order valence-corrected chi connectivity index (χ3v) is 3.63. The molecule has 1 heterocycles. The van der Waals surface area contributed by atoms with Crippen molar-refractivity contribution in [1.82, 2.24) is 4.90 Å². The number of benzene rings is 1. The Labute approximate surface area is 118 Å². The normalized spacial score (nSPS) is 19.1. The lowest BCUT2D eigenvalue weighted by atomic mass is 10.0. The minimum Gasteiger partial charge on any atom is -0.492 e. The molecule has 0 aromatic heterocycles. The van der Waals surface area contributed by atoms with Crippen molar-refractivity contribution in [2.24, 2.45) is 5.92 Å². The highest BCUT2D eigenvalue weighted by atomic mass is 19.1. The second-order valence-electron chi connectivity index (χ2n) is 5.19. The Kier molecular flexibility index (Phi) is 5.35. The molecule has 1 aliphatic heterocycles. The topological polar surface area (TPSA) is 49.8 Å². The fraction of sp³-hybridized carbons (Fsp3) is 0.533. The van der Waals surface area contributed by atoms with Gasteiger partial charge in [0.1, 0.15) is 18.2 Å². The summed E-state index contributed by atoms with van der Waals surface area (Å²) in [6.45, 7) is 3.33. The monoisotopic (exact) mass is 281 g/mol. The predicted octanol–water partition coefficient (Wildman–Crippen LogP) is 2.39. The molecule has 4 nitrogen and oxygen atoms in total. The first kappa shape index (κ1) is 14.8. The van der Waals surface area contributed by atoms with Crippen molar-refractivity contribution in [3.05, 3.63) is 30.1 Å². The van der Waals surface area contributed by atoms with Gasteiger partial charge in [-0.05, 0) is 49.6 Å². The maximum Gasteiger partial charge on any atom is 0.303 e. The van der Waals surface area contributed by atoms with Crippen molar-refractivity contribution in [3.63, 3.8) is 0 Å². The molecular weight excluding hydrogens is 261 g/mol. The summed E-state index contributed by atoms with van der Waals surface area (Å²) in [5, 5.41) is 8.67. The molecule has 0 amide bonds. The number of carboxylic acids is 1. The molecule has 1 unspecified atom stereocenters. The number of aliphatic carboxylic acids is 1. The van der Waals surface area contributed by atoms with Gasteiger partial charge in [0, 0.05) is 19.5 Å². The van der Waals surface area contributed by atoms with Crippen LogP contribution < -0.4 is 4.74 Å². The summed E-state index contributed by atoms with van der Waals surface area (Å²) >= 11 is 0. The average molecular weight is 281 g/mol. The van der Waals surface area contributed by atoms with Gasteiger partial charge in [-0.25, -0.2) is 4.39 Å². The zero-order valence-corrected chi connectivity index (χ0v) is 11.4. The molecule has 1 N–H and O–H groups in total. The van der Waals surface area contributed by atoms with Crippen molar-refractivity contribution in [2.45, 2.75) is 19.3 Å². The van der Waals surface area contributed by atoms with Crippen LogP contribution in [0.4, 0.5) is 4.39 Å². The number of hydrogen-bond donors (Lipinski definition) is 1. The summed E-state index contributed by atoms with van der Waals surface area (Å²) in [7, 11) is 0. The number of likely N-dealkylation sites (tertiary alicyclic amines) is 1. The summed E-state index contributed by atoms with van der Waals surface area (Å²) in [6.07, 6.45) is 2.07. The van der Waals surface area contributed by atoms with Crippen LogP contribution in [0.1, 0.15) is 19.3 Å². The van der Waals surface area contributed by atoms with E-state index in [2.05, 4.69) is 4.90 Å². The molecule has 0 radical (unpaired) electrons. The van der Waals surface area contributed by atoms with Crippen molar-refractivity contribution >= 4 is 5.97 Å². The van der Waals surface area contributed by atoms with E-state index in [0.717, 1.165) is 32.5 Å². The zero-order valence-electron chi connectivity index (χ0n) is 11.4. The fourth-order valence-corrected chi connectivity index (χ4v) is 2.50. The Morgan fingerprint density at radius 3 is 2.85 bits per heavy atom. The molecule has 1 saturated heterocycles. The fourth-order valence-electron chi connectivity index (χ4n) is 2.50. The lowest BCUT2D eigenvalue weighted by molar-refractivity contribution is -0.137. The van der Waals surface area contributed by atoms with Crippen molar-refractivity contribution in [3.8, 4) is 5.75 Å². The number of carbonyl (C=O) groups is 1. The van der Waals surface area contributed by atoms with Crippen LogP contribution in [0.3, 0.4) is 0 Å². The second-order valence-corrected chi connectivity index (χ2v) is 5.19. The van der Waals surface area contributed by atoms with Gasteiger partial charge in [0.15, 0.2) is 0 Å². The van der Waals surface area contributed by atoms with Gasteiger partial charge in [0.05, 0.1) is 0 Å². The van der Waals surface area contributed by atoms with Gasteiger partial charge in [-0.1, -0.05) is 0 Å². The van der Waals surface area contributed by atoms with Crippen LogP contribution in [0, 0.1) is 11.7 Å². The summed E-state index contributed by atoms with van der Waals surface area (Å²) < 4.78 is 18.3. The lowest BCUT2D eigenvalue weighted by Crippen LogP contribution is -2.26. The molecule has 0 bridgehead atoms. The summed E-state index contributed by atoms with van der Waals surface area (Å²) in [4.78, 5) is 12.8. The number of hydrogen-bond acceptors (Lipinski definition) is 3. The van der Waals surface area contributed by atoms with Gasteiger partial charge in [0.25, 0.3) is 0 Å². The molecular formula is C15H20FNO3. The number of nitrogens with zero attached hydrogens (tertiary/aromatic N) is 1. The number of rotatable bonds is 7. The Morgan fingerprint density at radius 2 is 2.15 bits per heavy atom. The van der Waals surface area contributed by atoms with Crippen LogP contribution >= 0.6 is 0 Å². The molecule has 1 atom stereocenters. The van der Waals surface area contributed by atoms with E-state index < -0.39 is 5.97 Å². The van der Waals surface area contributed by atoms with Crippen LogP contribution in [0.15, 0.2) is 24.3 Å². The van der Waals surface area contributed by atoms with Gasteiger partial charge < -0.3 is 9.84 Å². The molecule has 1 fully saturated rings. The maximum absolute atomic E-state index is 12.7. The number of carboxylic acid groups (broad SMARTS) is 1. The lowest BCUT2D eigenvalue weighted by Gasteiger charge is -2.16. The van der Waals surface area contributed by atoms with Crippen molar-refractivity contribution in [1.29, 1.82) is 0 Å². The Hall–Kier alpha value is -1.62. The number of halogens is 1. The van der Waals surface area contributed by atoms with Crippen LogP contribution in [0.5, 0.6) is 5.75 Å². The van der Waals surface area contributed by atoms with E-state index in [1.54, 1.807) is 12.1 Å². The Balaban J connectivity index is 1.63. The largest absolute Gasteiger partial charge is 0.492 e. The number of ether oxygens (including phenoxy) is 1. The van der Waals surface area contributed by atoms with Crippen LogP contribution in [-0.4, -0.2) is 42.2 Å². The van der Waals surface area contributed by atoms with E-state index in [9.17, 15) is 9.18 Å². The zero-order chi connectivity index (χ0) is 14.4. The molecule has 5 heteroatoms. The molecule has 0 aliphatic carbocycles. The van der Waals surface area contributed by atoms with E-state index in [1.807, 2.05) is 0 Å². The van der Waals surface area contributed by atoms with Gasteiger partial charge in [-0.2, -0.15) is 0 Å². The highest BCUT2D eigenvalue weighted by Crippen LogP contribution is 2.20. The molecule has 1 aromatic rings. The molecule has 0 spiro atoms. The SMILES string of the molecule is O=C(O)CCC1CCN(CCOc2ccc(F)cc2)C1. The first-order valence-electron chi connectivity index (χ1n) is 6.96. The molecule has 20 heavy (non-hydrogen) atoms. The average Bonchev–Trinajstić information content (AvgIpc) is 2.87. The Bertz CT molecular complexity index is 435. The first-order valence-corrected chi connectivity index (χ1v) is 6.96. The molecule has 0 saturated carbocycles. The van der Waals surface area contributed by atoms with Crippen LogP contribution in [0.25, 0.3) is 0 Å². The highest BCUT2D eigenvalue weighted by Gasteiger charge is 2.22. The maximum atomic E-state index is 12.7. The van der Waals surface area contributed by atoms with E-state index in [1.165, 1.54) is 12.1 Å². The molecule has 2 rings (SSSR count). The first-order chi connectivity index (χ1) is 9.63. The predicted molar refractivity (Wildman–Crippen MR) is 73.3 cm³/mol. The second kappa shape index (κ2) is 7.24. The van der Waals surface area contributed by atoms with E-state index in [-0.39, 0.29) is 12.2 Å². The molecule has 1 aliphatic rings. The summed E-state index contributed by atoms with van der Waals surface area (Å²) in [5.41, 5.74) is 0. The van der Waals surface area contributed by atoms with E-state index in [4.69, 9.17) is 9.84 Å². The third-order valence-electron chi connectivity index (χ3n) is 3.63.